The Hall–Kier alpha value is -1.62. The van der Waals surface area contributed by atoms with Crippen molar-refractivity contribution >= 4 is 0 Å². The largest absolute Gasteiger partial charge is 0.336 e. The summed E-state index contributed by atoms with van der Waals surface area (Å²) in [5, 5.41) is 4.25. The van der Waals surface area contributed by atoms with Crippen molar-refractivity contribution in [3.8, 4) is 0 Å². The second kappa shape index (κ2) is 3.26. The fourth-order valence-electron chi connectivity index (χ4n) is 1.41. The smallest absolute Gasteiger partial charge is 0.131 e. The van der Waals surface area contributed by atoms with Crippen LogP contribution in [-0.4, -0.2) is 19.3 Å². The molecule has 2 N–H and O–H groups in total. The number of aryl methyl sites for hydroxylation is 2. The van der Waals surface area contributed by atoms with Crippen molar-refractivity contribution in [2.45, 2.75) is 6.04 Å². The van der Waals surface area contributed by atoms with E-state index in [1.54, 1.807) is 10.9 Å². The molecule has 2 aromatic heterocycles. The summed E-state index contributed by atoms with van der Waals surface area (Å²) in [6.07, 6.45) is 5.48. The lowest BCUT2D eigenvalue weighted by Gasteiger charge is -2.08. The molecule has 0 saturated carbocycles. The predicted octanol–water partition coefficient (Wildman–Crippen LogP) is 0.202. The average molecular weight is 191 g/mol. The zero-order chi connectivity index (χ0) is 10.1. The number of hydrogen-bond acceptors (Lipinski definition) is 3. The number of rotatable bonds is 2. The van der Waals surface area contributed by atoms with Crippen LogP contribution in [0.4, 0.5) is 0 Å². The Kier molecular flexibility index (Phi) is 2.09. The highest BCUT2D eigenvalue weighted by Crippen LogP contribution is 2.14. The number of aromatic nitrogens is 4. The molecule has 0 spiro atoms. The summed E-state index contributed by atoms with van der Waals surface area (Å²) >= 11 is 0. The van der Waals surface area contributed by atoms with Gasteiger partial charge in [0, 0.05) is 32.7 Å². The van der Waals surface area contributed by atoms with E-state index >= 15 is 0 Å². The molecule has 0 aliphatic carbocycles. The molecule has 2 heterocycles. The summed E-state index contributed by atoms with van der Waals surface area (Å²) in [7, 11) is 3.79. The molecule has 0 bridgehead atoms. The molecule has 0 saturated heterocycles. The number of nitrogens with two attached hydrogens (primary N) is 1. The van der Waals surface area contributed by atoms with Gasteiger partial charge in [-0.2, -0.15) is 5.10 Å². The minimum absolute atomic E-state index is 0.254. The summed E-state index contributed by atoms with van der Waals surface area (Å²) in [5.41, 5.74) is 6.85. The molecule has 1 unspecified atom stereocenters. The van der Waals surface area contributed by atoms with Gasteiger partial charge in [0.2, 0.25) is 0 Å². The van der Waals surface area contributed by atoms with Crippen molar-refractivity contribution in [3.63, 3.8) is 0 Å². The van der Waals surface area contributed by atoms with E-state index in [4.69, 9.17) is 5.73 Å². The van der Waals surface area contributed by atoms with Gasteiger partial charge in [0.15, 0.2) is 0 Å². The van der Waals surface area contributed by atoms with Crippen LogP contribution in [0.25, 0.3) is 0 Å². The maximum Gasteiger partial charge on any atom is 0.131 e. The topological polar surface area (TPSA) is 61.7 Å². The minimum atomic E-state index is -0.254. The van der Waals surface area contributed by atoms with Crippen LogP contribution in [0.2, 0.25) is 0 Å². The zero-order valence-corrected chi connectivity index (χ0v) is 8.25. The Morgan fingerprint density at radius 1 is 1.36 bits per heavy atom. The SMILES string of the molecule is Cn1ccc(C(N)c2nccn2C)n1. The van der Waals surface area contributed by atoms with Crippen LogP contribution in [0.5, 0.6) is 0 Å². The second-order valence-electron chi connectivity index (χ2n) is 3.29. The number of nitrogens with zero attached hydrogens (tertiary/aromatic N) is 4. The molecule has 0 amide bonds. The van der Waals surface area contributed by atoms with Crippen LogP contribution in [0.3, 0.4) is 0 Å². The van der Waals surface area contributed by atoms with Crippen LogP contribution in [0, 0.1) is 0 Å². The first-order valence-corrected chi connectivity index (χ1v) is 4.41. The van der Waals surface area contributed by atoms with Crippen LogP contribution >= 0.6 is 0 Å². The molecule has 0 aliphatic heterocycles. The number of hydrogen-bond donors (Lipinski definition) is 1. The molecular formula is C9H13N5. The Bertz CT molecular complexity index is 428. The van der Waals surface area contributed by atoms with Crippen LogP contribution in [0.15, 0.2) is 24.7 Å². The normalized spacial score (nSPS) is 13.1. The summed E-state index contributed by atoms with van der Waals surface area (Å²) < 4.78 is 3.64. The zero-order valence-electron chi connectivity index (χ0n) is 8.25. The van der Waals surface area contributed by atoms with Crippen molar-refractivity contribution in [3.05, 3.63) is 36.2 Å². The molecule has 0 aliphatic rings. The Labute approximate surface area is 82.2 Å². The molecular weight excluding hydrogens is 178 g/mol. The van der Waals surface area contributed by atoms with Gasteiger partial charge < -0.3 is 10.3 Å². The van der Waals surface area contributed by atoms with Crippen molar-refractivity contribution in [1.29, 1.82) is 0 Å². The molecule has 74 valence electrons. The van der Waals surface area contributed by atoms with Gasteiger partial charge in [-0.05, 0) is 6.07 Å². The van der Waals surface area contributed by atoms with E-state index in [2.05, 4.69) is 10.1 Å². The van der Waals surface area contributed by atoms with Crippen molar-refractivity contribution in [2.75, 3.05) is 0 Å². The van der Waals surface area contributed by atoms with E-state index in [1.165, 1.54) is 0 Å². The van der Waals surface area contributed by atoms with Gasteiger partial charge in [-0.1, -0.05) is 0 Å². The quantitative estimate of drug-likeness (QED) is 0.737. The average Bonchev–Trinajstić information content (AvgIpc) is 2.73. The third-order valence-electron chi connectivity index (χ3n) is 2.19. The third kappa shape index (κ3) is 1.42. The van der Waals surface area contributed by atoms with Gasteiger partial charge in [-0.3, -0.25) is 4.68 Å². The third-order valence-corrected chi connectivity index (χ3v) is 2.19. The van der Waals surface area contributed by atoms with Gasteiger partial charge >= 0.3 is 0 Å². The summed E-state index contributed by atoms with van der Waals surface area (Å²) in [6.45, 7) is 0. The van der Waals surface area contributed by atoms with Crippen LogP contribution in [-0.2, 0) is 14.1 Å². The lowest BCUT2D eigenvalue weighted by molar-refractivity contribution is 0.667. The molecule has 0 aromatic carbocycles. The Morgan fingerprint density at radius 2 is 2.14 bits per heavy atom. The Balaban J connectivity index is 2.33. The molecule has 5 heteroatoms. The van der Waals surface area contributed by atoms with Gasteiger partial charge in [-0.25, -0.2) is 4.98 Å². The number of imidazole rings is 1. The first kappa shape index (κ1) is 8.96. The lowest BCUT2D eigenvalue weighted by Crippen LogP contribution is -2.17. The van der Waals surface area contributed by atoms with E-state index in [0.29, 0.717) is 0 Å². The second-order valence-corrected chi connectivity index (χ2v) is 3.29. The maximum absolute atomic E-state index is 6.02. The monoisotopic (exact) mass is 191 g/mol. The van der Waals surface area contributed by atoms with Crippen LogP contribution < -0.4 is 5.73 Å². The molecule has 2 rings (SSSR count). The van der Waals surface area contributed by atoms with Gasteiger partial charge in [0.05, 0.1) is 5.69 Å². The van der Waals surface area contributed by atoms with Crippen LogP contribution in [0.1, 0.15) is 17.6 Å². The molecule has 0 radical (unpaired) electrons. The van der Waals surface area contributed by atoms with Crippen molar-refractivity contribution in [2.24, 2.45) is 19.8 Å². The fraction of sp³-hybridized carbons (Fsp3) is 0.333. The first-order chi connectivity index (χ1) is 6.68. The minimum Gasteiger partial charge on any atom is -0.336 e. The summed E-state index contributed by atoms with van der Waals surface area (Å²) in [5.74, 6) is 0.823. The van der Waals surface area contributed by atoms with E-state index < -0.39 is 0 Å². The highest BCUT2D eigenvalue weighted by Gasteiger charge is 2.15. The standard InChI is InChI=1S/C9H13N5/c1-13-6-4-11-9(13)8(10)7-3-5-14(2)12-7/h3-6,8H,10H2,1-2H3. The molecule has 14 heavy (non-hydrogen) atoms. The molecule has 0 fully saturated rings. The van der Waals surface area contributed by atoms with E-state index in [1.807, 2.05) is 37.1 Å². The van der Waals surface area contributed by atoms with Crippen molar-refractivity contribution < 1.29 is 0 Å². The van der Waals surface area contributed by atoms with E-state index in [-0.39, 0.29) is 6.04 Å². The molecule has 5 nitrogen and oxygen atoms in total. The summed E-state index contributed by atoms with van der Waals surface area (Å²) in [6, 6.07) is 1.65. The van der Waals surface area contributed by atoms with E-state index in [0.717, 1.165) is 11.5 Å². The lowest BCUT2D eigenvalue weighted by atomic mass is 10.2. The highest BCUT2D eigenvalue weighted by molar-refractivity contribution is 5.15. The first-order valence-electron chi connectivity index (χ1n) is 4.41. The van der Waals surface area contributed by atoms with Crippen molar-refractivity contribution in [1.82, 2.24) is 19.3 Å². The van der Waals surface area contributed by atoms with Gasteiger partial charge in [0.25, 0.3) is 0 Å². The summed E-state index contributed by atoms with van der Waals surface area (Å²) in [4.78, 5) is 4.19. The van der Waals surface area contributed by atoms with E-state index in [9.17, 15) is 0 Å². The van der Waals surface area contributed by atoms with Gasteiger partial charge in [-0.15, -0.1) is 0 Å². The molecule has 1 atom stereocenters. The predicted molar refractivity (Wildman–Crippen MR) is 52.4 cm³/mol. The Morgan fingerprint density at radius 3 is 2.64 bits per heavy atom. The fourth-order valence-corrected chi connectivity index (χ4v) is 1.41. The van der Waals surface area contributed by atoms with Gasteiger partial charge in [0.1, 0.15) is 11.9 Å². The molecule has 2 aromatic rings. The highest BCUT2D eigenvalue weighted by atomic mass is 15.3. The maximum atomic E-state index is 6.02.